The summed E-state index contributed by atoms with van der Waals surface area (Å²) >= 11 is 4.33. The molecule has 0 aromatic heterocycles. The van der Waals surface area contributed by atoms with Gasteiger partial charge in [0.25, 0.3) is 0 Å². The Morgan fingerprint density at radius 1 is 0.491 bits per heavy atom. The van der Waals surface area contributed by atoms with Gasteiger partial charge in [-0.15, -0.1) is 0 Å². The number of hydrogen-bond acceptors (Lipinski definition) is 21. The number of nitrogens with one attached hydrogen (secondary N) is 11. The normalized spacial score (nSPS) is 16.6. The zero-order chi connectivity index (χ0) is 82.7. The monoisotopic (exact) mass is 1570 g/mol. The van der Waals surface area contributed by atoms with Gasteiger partial charge in [0.15, 0.2) is 5.96 Å². The predicted molar refractivity (Wildman–Crippen MR) is 422 cm³/mol. The van der Waals surface area contributed by atoms with Gasteiger partial charge in [0.05, 0.1) is 12.1 Å². The first-order valence-corrected chi connectivity index (χ1v) is 39.5. The largest absolute Gasteiger partial charge is 0.480 e. The zero-order valence-electron chi connectivity index (χ0n) is 66.0. The van der Waals surface area contributed by atoms with Crippen LogP contribution in [0.2, 0.25) is 0 Å². The fourth-order valence-corrected chi connectivity index (χ4v) is 12.7. The summed E-state index contributed by atoms with van der Waals surface area (Å²) in [5, 5.41) is 50.6. The summed E-state index contributed by atoms with van der Waals surface area (Å²) in [6, 6.07) is -8.23. The first-order valence-electron chi connectivity index (χ1n) is 38.9. The molecular formula is C74H132N20O15S. The third-order valence-electron chi connectivity index (χ3n) is 18.9. The van der Waals surface area contributed by atoms with E-state index in [1.54, 1.807) is 65.0 Å². The number of carboxylic acids is 1. The lowest BCUT2D eigenvalue weighted by molar-refractivity contribution is -0.145. The molecule has 1 saturated heterocycles. The highest BCUT2D eigenvalue weighted by molar-refractivity contribution is 7.80. The van der Waals surface area contributed by atoms with Crippen LogP contribution in [0.25, 0.3) is 0 Å². The first-order chi connectivity index (χ1) is 52.1. The summed E-state index contributed by atoms with van der Waals surface area (Å²) in [7, 11) is 0. The van der Waals surface area contributed by atoms with Gasteiger partial charge < -0.3 is 114 Å². The van der Waals surface area contributed by atoms with Gasteiger partial charge in [-0.1, -0.05) is 92.1 Å². The third-order valence-corrected chi connectivity index (χ3v) is 19.3. The summed E-state index contributed by atoms with van der Waals surface area (Å²) < 4.78 is 0. The Labute approximate surface area is 653 Å². The van der Waals surface area contributed by atoms with Crippen molar-refractivity contribution in [2.24, 2.45) is 68.8 Å². The Bertz CT molecular complexity index is 3100. The molecule has 0 spiro atoms. The molecule has 0 saturated carbocycles. The van der Waals surface area contributed by atoms with Crippen LogP contribution in [-0.2, 0) is 68.7 Å². The Morgan fingerprint density at radius 2 is 0.891 bits per heavy atom. The molecule has 2 rings (SSSR count). The molecule has 36 heteroatoms. The van der Waals surface area contributed by atoms with Crippen LogP contribution in [0.3, 0.4) is 0 Å². The van der Waals surface area contributed by atoms with E-state index in [2.05, 4.69) is 76.1 Å². The van der Waals surface area contributed by atoms with E-state index in [1.807, 2.05) is 20.8 Å². The van der Waals surface area contributed by atoms with Gasteiger partial charge in [0.2, 0.25) is 70.9 Å². The second-order valence-corrected chi connectivity index (χ2v) is 30.0. The van der Waals surface area contributed by atoms with Crippen LogP contribution in [0.15, 0.2) is 35.3 Å². The molecule has 1 aromatic carbocycles. The third kappa shape index (κ3) is 35.8. The van der Waals surface area contributed by atoms with E-state index in [9.17, 15) is 72.5 Å². The number of amides is 12. The molecule has 624 valence electrons. The SMILES string of the molecule is CC[C@H](C)[C@H](NC(=O)[C@@H](N)CC(C)C)C(=O)N[C@H](C(=O)N[C@@H](CC(C)C)C(=O)N[C@H](C(=O)N[C@@H](CS)C(=O)N[C@@H](CCCN=C(N)N)C(=O)N[C@@H](CCCCN)C(=O)N[C@@H](CCCCN)C(=O)N[C@@H](CCCCN)C(=O)N[C@@H](CCCCN)C(=O)N1CCC[C@H]1C(=O)N[C@@H](Cc1ccccc1)C(=O)O)[C@@H](C)O)C(C)C. The number of aliphatic carboxylic acids is 1. The van der Waals surface area contributed by atoms with Crippen molar-refractivity contribution in [1.29, 1.82) is 0 Å². The van der Waals surface area contributed by atoms with Gasteiger partial charge in [-0.3, -0.25) is 62.5 Å². The Hall–Kier alpha value is -8.29. The molecule has 1 aromatic rings. The average molecular weight is 1570 g/mol. The highest BCUT2D eigenvalue weighted by atomic mass is 32.1. The summed E-state index contributed by atoms with van der Waals surface area (Å²) in [5.74, 6) is -12.5. The molecule has 0 unspecified atom stereocenters. The predicted octanol–water partition coefficient (Wildman–Crippen LogP) is -2.36. The van der Waals surface area contributed by atoms with Crippen molar-refractivity contribution >= 4 is 95.4 Å². The van der Waals surface area contributed by atoms with E-state index in [4.69, 9.17) is 40.1 Å². The Morgan fingerprint density at radius 3 is 1.32 bits per heavy atom. The standard InChI is InChI=1S/C74H132N20O15S/c1-10-45(8)59(92-61(96)48(79)38-42(2)3)70(105)91-58(44(6)7)69(104)88-54(39-43(4)5)66(101)93-60(46(9)95)71(106)90-56(41-110)67(102)86-52(30-22-36-82-74(80)81)64(99)84-50(27-15-19-33-76)62(97)83-49(26-14-18-32-75)63(98)85-51(28-16-20-34-77)65(100)87-53(29-17-21-35-78)72(107)94-37-23-31-57(94)68(103)89-55(73(108)109)40-47-24-12-11-13-25-47/h11-13,24-25,42-46,48-60,95,110H,10,14-23,26-41,75-79H2,1-9H3,(H,83,97)(H,84,99)(H,85,98)(H,86,102)(H,87,100)(H,88,104)(H,89,103)(H,90,106)(H,91,105)(H,92,96)(H,93,101)(H,108,109)(H4,80,81,82)/t45-,46+,48-,49-,50-,51-,52-,53-,54-,55-,56-,57-,58-,59-,60-/m0/s1. The van der Waals surface area contributed by atoms with Gasteiger partial charge >= 0.3 is 5.97 Å². The van der Waals surface area contributed by atoms with Crippen molar-refractivity contribution in [1.82, 2.24) is 63.4 Å². The number of rotatable bonds is 55. The quantitative estimate of drug-likeness (QED) is 0.0140. The lowest BCUT2D eigenvalue weighted by Crippen LogP contribution is -2.63. The number of nitrogens with zero attached hydrogens (tertiary/aromatic N) is 2. The van der Waals surface area contributed by atoms with Crippen molar-refractivity contribution in [2.45, 2.75) is 275 Å². The van der Waals surface area contributed by atoms with Crippen molar-refractivity contribution < 1.29 is 72.5 Å². The molecule has 1 aliphatic rings. The molecule has 1 heterocycles. The number of likely N-dealkylation sites (tertiary alicyclic amines) is 1. The number of guanidine groups is 1. The van der Waals surface area contributed by atoms with Crippen LogP contribution < -0.4 is 98.6 Å². The minimum atomic E-state index is -1.76. The Kier molecular flexibility index (Phi) is 46.9. The van der Waals surface area contributed by atoms with Crippen LogP contribution in [0.4, 0.5) is 0 Å². The number of thiol groups is 1. The lowest BCUT2D eigenvalue weighted by atomic mass is 9.95. The second kappa shape index (κ2) is 52.8. The number of hydrogen-bond donors (Lipinski definition) is 21. The van der Waals surface area contributed by atoms with E-state index in [0.717, 1.165) is 0 Å². The van der Waals surface area contributed by atoms with E-state index in [-0.39, 0.29) is 127 Å². The van der Waals surface area contributed by atoms with Crippen molar-refractivity contribution in [3.63, 3.8) is 0 Å². The number of carbonyl (C=O) groups excluding carboxylic acids is 12. The van der Waals surface area contributed by atoms with E-state index >= 15 is 0 Å². The van der Waals surface area contributed by atoms with Gasteiger partial charge in [0, 0.05) is 25.3 Å². The number of aliphatic hydroxyl groups is 1. The van der Waals surface area contributed by atoms with Crippen LogP contribution >= 0.6 is 12.6 Å². The summed E-state index contributed by atoms with van der Waals surface area (Å²) in [6.45, 7) is 16.6. The molecule has 110 heavy (non-hydrogen) atoms. The topological polar surface area (TPSA) is 592 Å². The van der Waals surface area contributed by atoms with Gasteiger partial charge in [-0.25, -0.2) is 4.79 Å². The number of carbonyl (C=O) groups is 13. The second-order valence-electron chi connectivity index (χ2n) is 29.7. The number of unbranched alkanes of at least 4 members (excludes halogenated alkanes) is 4. The zero-order valence-corrected chi connectivity index (χ0v) is 66.9. The van der Waals surface area contributed by atoms with Crippen LogP contribution in [0.5, 0.6) is 0 Å². The highest BCUT2D eigenvalue weighted by Gasteiger charge is 2.42. The summed E-state index contributed by atoms with van der Waals surface area (Å²) in [5.41, 5.74) is 41.5. The van der Waals surface area contributed by atoms with Crippen molar-refractivity contribution in [2.75, 3.05) is 45.0 Å². The van der Waals surface area contributed by atoms with Crippen LogP contribution in [-0.4, -0.2) is 228 Å². The van der Waals surface area contributed by atoms with Gasteiger partial charge in [0.1, 0.15) is 72.5 Å². The number of nitrogens with two attached hydrogens (primary N) is 7. The van der Waals surface area contributed by atoms with Crippen molar-refractivity contribution in [3.8, 4) is 0 Å². The molecule has 0 bridgehead atoms. The van der Waals surface area contributed by atoms with Crippen LogP contribution in [0, 0.1) is 23.7 Å². The number of aliphatic imine (C=N–C) groups is 1. The van der Waals surface area contributed by atoms with Crippen molar-refractivity contribution in [3.05, 3.63) is 35.9 Å². The van der Waals surface area contributed by atoms with Gasteiger partial charge in [-0.2, -0.15) is 12.6 Å². The van der Waals surface area contributed by atoms with Gasteiger partial charge in [-0.05, 0) is 178 Å². The highest BCUT2D eigenvalue weighted by Crippen LogP contribution is 2.22. The summed E-state index contributed by atoms with van der Waals surface area (Å²) in [6.07, 6.45) is 2.86. The summed E-state index contributed by atoms with van der Waals surface area (Å²) in [4.78, 5) is 189. The first kappa shape index (κ1) is 97.8. The molecule has 0 aliphatic carbocycles. The fourth-order valence-electron chi connectivity index (χ4n) is 12.4. The smallest absolute Gasteiger partial charge is 0.326 e. The minimum absolute atomic E-state index is 0.00464. The number of benzene rings is 1. The Balaban J connectivity index is 2.50. The maximum atomic E-state index is 14.7. The minimum Gasteiger partial charge on any atom is -0.480 e. The molecule has 15 atom stereocenters. The molecule has 27 N–H and O–H groups in total. The molecular weight excluding hydrogens is 1440 g/mol. The average Bonchev–Trinajstić information content (AvgIpc) is 1.61. The maximum Gasteiger partial charge on any atom is 0.326 e. The number of aliphatic hydroxyl groups excluding tert-OH is 1. The van der Waals surface area contributed by atoms with E-state index in [0.29, 0.717) is 69.8 Å². The maximum absolute atomic E-state index is 14.7. The molecule has 1 aliphatic heterocycles. The molecule has 12 amide bonds. The number of carboxylic acid groups (broad SMARTS) is 1. The molecule has 35 nitrogen and oxygen atoms in total. The van der Waals surface area contributed by atoms with Crippen LogP contribution in [0.1, 0.15) is 190 Å². The van der Waals surface area contributed by atoms with E-state index in [1.165, 1.54) is 11.8 Å². The lowest BCUT2D eigenvalue weighted by Gasteiger charge is -2.31. The fraction of sp³-hybridized carbons (Fsp3) is 0.730. The molecule has 0 radical (unpaired) electrons. The van der Waals surface area contributed by atoms with E-state index < -0.39 is 173 Å². The molecule has 1 fully saturated rings.